The standard InChI is InChI=1S/C19H27N5/c1-15-6-8-16(9-7-15)14-24(5)19(20-2)22-13-17-10-11-21-18(12-17)23(3)4/h6-12H,13-14H2,1-5H3,(H,20,22). The monoisotopic (exact) mass is 325 g/mol. The summed E-state index contributed by atoms with van der Waals surface area (Å²) >= 11 is 0. The molecule has 0 saturated carbocycles. The number of pyridine rings is 1. The Balaban J connectivity index is 1.96. The zero-order chi connectivity index (χ0) is 17.5. The van der Waals surface area contributed by atoms with E-state index in [1.807, 2.05) is 45.4 Å². The van der Waals surface area contributed by atoms with E-state index in [9.17, 15) is 0 Å². The minimum atomic E-state index is 0.717. The maximum absolute atomic E-state index is 4.38. The van der Waals surface area contributed by atoms with Crippen LogP contribution in [0.1, 0.15) is 16.7 Å². The van der Waals surface area contributed by atoms with Crippen molar-refractivity contribution in [2.45, 2.75) is 20.0 Å². The van der Waals surface area contributed by atoms with Gasteiger partial charge in [0.05, 0.1) is 0 Å². The molecule has 1 N–H and O–H groups in total. The van der Waals surface area contributed by atoms with Gasteiger partial charge in [0.1, 0.15) is 5.82 Å². The van der Waals surface area contributed by atoms with Crippen LogP contribution in [0.2, 0.25) is 0 Å². The van der Waals surface area contributed by atoms with E-state index in [0.29, 0.717) is 6.54 Å². The van der Waals surface area contributed by atoms with Crippen LogP contribution in [0.4, 0.5) is 5.82 Å². The van der Waals surface area contributed by atoms with E-state index in [0.717, 1.165) is 18.3 Å². The fourth-order valence-corrected chi connectivity index (χ4v) is 2.42. The summed E-state index contributed by atoms with van der Waals surface area (Å²) in [6, 6.07) is 12.7. The quantitative estimate of drug-likeness (QED) is 0.678. The Kier molecular flexibility index (Phi) is 6.18. The van der Waals surface area contributed by atoms with E-state index in [-0.39, 0.29) is 0 Å². The summed E-state index contributed by atoms with van der Waals surface area (Å²) in [7, 11) is 7.85. The van der Waals surface area contributed by atoms with Gasteiger partial charge in [-0.25, -0.2) is 4.98 Å². The average Bonchev–Trinajstić information content (AvgIpc) is 2.57. The summed E-state index contributed by atoms with van der Waals surface area (Å²) in [5.41, 5.74) is 3.72. The van der Waals surface area contributed by atoms with Crippen LogP contribution in [0.25, 0.3) is 0 Å². The molecule has 1 aromatic carbocycles. The van der Waals surface area contributed by atoms with Crippen LogP contribution in [0, 0.1) is 6.92 Å². The van der Waals surface area contributed by atoms with Crippen molar-refractivity contribution in [1.82, 2.24) is 15.2 Å². The van der Waals surface area contributed by atoms with Gasteiger partial charge in [-0.1, -0.05) is 29.8 Å². The van der Waals surface area contributed by atoms with Crippen LogP contribution < -0.4 is 10.2 Å². The van der Waals surface area contributed by atoms with E-state index < -0.39 is 0 Å². The largest absolute Gasteiger partial charge is 0.363 e. The van der Waals surface area contributed by atoms with Gasteiger partial charge in [-0.2, -0.15) is 0 Å². The number of hydrogen-bond donors (Lipinski definition) is 1. The smallest absolute Gasteiger partial charge is 0.193 e. The number of rotatable bonds is 5. The van der Waals surface area contributed by atoms with E-state index in [1.165, 1.54) is 16.7 Å². The zero-order valence-corrected chi connectivity index (χ0v) is 15.2. The molecule has 24 heavy (non-hydrogen) atoms. The molecule has 0 unspecified atom stereocenters. The second-order valence-corrected chi connectivity index (χ2v) is 6.16. The Morgan fingerprint density at radius 2 is 1.79 bits per heavy atom. The molecule has 5 heteroatoms. The molecule has 0 spiro atoms. The van der Waals surface area contributed by atoms with Gasteiger partial charge in [0.25, 0.3) is 0 Å². The second-order valence-electron chi connectivity index (χ2n) is 6.16. The van der Waals surface area contributed by atoms with Gasteiger partial charge in [0.15, 0.2) is 5.96 Å². The maximum Gasteiger partial charge on any atom is 0.193 e. The van der Waals surface area contributed by atoms with Crippen LogP contribution in [-0.2, 0) is 13.1 Å². The lowest BCUT2D eigenvalue weighted by Gasteiger charge is -2.22. The number of aryl methyl sites for hydroxylation is 1. The summed E-state index contributed by atoms with van der Waals surface area (Å²) < 4.78 is 0. The number of nitrogens with zero attached hydrogens (tertiary/aromatic N) is 4. The first-order chi connectivity index (χ1) is 11.5. The van der Waals surface area contributed by atoms with Crippen LogP contribution >= 0.6 is 0 Å². The van der Waals surface area contributed by atoms with Crippen molar-refractivity contribution in [2.75, 3.05) is 33.1 Å². The Morgan fingerprint density at radius 3 is 2.42 bits per heavy atom. The summed E-state index contributed by atoms with van der Waals surface area (Å²) in [5, 5.41) is 3.41. The first-order valence-corrected chi connectivity index (χ1v) is 8.09. The number of aliphatic imine (C=N–C) groups is 1. The number of benzene rings is 1. The fraction of sp³-hybridized carbons (Fsp3) is 0.368. The van der Waals surface area contributed by atoms with Gasteiger partial charge in [-0.15, -0.1) is 0 Å². The Hall–Kier alpha value is -2.56. The highest BCUT2D eigenvalue weighted by Gasteiger charge is 2.07. The lowest BCUT2D eigenvalue weighted by Crippen LogP contribution is -2.38. The molecule has 128 valence electrons. The molecule has 0 atom stereocenters. The van der Waals surface area contributed by atoms with E-state index in [1.54, 1.807) is 0 Å². The molecule has 0 fully saturated rings. The fourth-order valence-electron chi connectivity index (χ4n) is 2.42. The summed E-state index contributed by atoms with van der Waals surface area (Å²) in [6.07, 6.45) is 1.84. The van der Waals surface area contributed by atoms with Gasteiger partial charge >= 0.3 is 0 Å². The molecule has 0 aliphatic heterocycles. The first kappa shape index (κ1) is 17.8. The third kappa shape index (κ3) is 4.98. The Morgan fingerprint density at radius 1 is 1.08 bits per heavy atom. The minimum absolute atomic E-state index is 0.717. The molecule has 0 saturated heterocycles. The number of guanidine groups is 1. The first-order valence-electron chi connectivity index (χ1n) is 8.09. The van der Waals surface area contributed by atoms with Crippen molar-refractivity contribution in [3.05, 3.63) is 59.3 Å². The third-order valence-corrected chi connectivity index (χ3v) is 3.83. The van der Waals surface area contributed by atoms with Crippen LogP contribution in [0.5, 0.6) is 0 Å². The summed E-state index contributed by atoms with van der Waals surface area (Å²) in [5.74, 6) is 1.83. The number of anilines is 1. The molecule has 0 radical (unpaired) electrons. The Labute approximate surface area is 145 Å². The number of nitrogens with one attached hydrogen (secondary N) is 1. The lowest BCUT2D eigenvalue weighted by molar-refractivity contribution is 0.476. The van der Waals surface area contributed by atoms with Crippen molar-refractivity contribution >= 4 is 11.8 Å². The van der Waals surface area contributed by atoms with Crippen LogP contribution in [0.15, 0.2) is 47.6 Å². The van der Waals surface area contributed by atoms with Crippen molar-refractivity contribution < 1.29 is 0 Å². The van der Waals surface area contributed by atoms with Crippen molar-refractivity contribution in [1.29, 1.82) is 0 Å². The molecule has 5 nitrogen and oxygen atoms in total. The lowest BCUT2D eigenvalue weighted by atomic mass is 10.1. The molecule has 0 aliphatic rings. The molecule has 1 aromatic heterocycles. The Bertz CT molecular complexity index is 676. The van der Waals surface area contributed by atoms with Crippen LogP contribution in [-0.4, -0.2) is 44.0 Å². The summed E-state index contributed by atoms with van der Waals surface area (Å²) in [4.78, 5) is 12.8. The molecule has 2 aromatic rings. The highest BCUT2D eigenvalue weighted by atomic mass is 15.3. The topological polar surface area (TPSA) is 43.8 Å². The zero-order valence-electron chi connectivity index (χ0n) is 15.2. The highest BCUT2D eigenvalue weighted by Crippen LogP contribution is 2.10. The normalized spacial score (nSPS) is 11.3. The van der Waals surface area contributed by atoms with Gasteiger partial charge in [0, 0.05) is 47.5 Å². The number of aromatic nitrogens is 1. The van der Waals surface area contributed by atoms with Crippen molar-refractivity contribution in [3.8, 4) is 0 Å². The SMILES string of the molecule is CN=C(NCc1ccnc(N(C)C)c1)N(C)Cc1ccc(C)cc1. The predicted octanol–water partition coefficient (Wildman–Crippen LogP) is 2.66. The molecular weight excluding hydrogens is 298 g/mol. The average molecular weight is 325 g/mol. The van der Waals surface area contributed by atoms with E-state index >= 15 is 0 Å². The molecule has 0 aliphatic carbocycles. The molecule has 0 amide bonds. The predicted molar refractivity (Wildman–Crippen MR) is 101 cm³/mol. The molecule has 2 rings (SSSR count). The van der Waals surface area contributed by atoms with Crippen molar-refractivity contribution in [2.24, 2.45) is 4.99 Å². The second kappa shape index (κ2) is 8.34. The maximum atomic E-state index is 4.38. The molecule has 1 heterocycles. The van der Waals surface area contributed by atoms with Gasteiger partial charge in [-0.05, 0) is 30.2 Å². The minimum Gasteiger partial charge on any atom is -0.363 e. The van der Waals surface area contributed by atoms with Gasteiger partial charge in [-0.3, -0.25) is 4.99 Å². The molecular formula is C19H27N5. The van der Waals surface area contributed by atoms with Crippen LogP contribution in [0.3, 0.4) is 0 Å². The van der Waals surface area contributed by atoms with Crippen molar-refractivity contribution in [3.63, 3.8) is 0 Å². The van der Waals surface area contributed by atoms with Gasteiger partial charge < -0.3 is 15.1 Å². The summed E-state index contributed by atoms with van der Waals surface area (Å²) in [6.45, 7) is 3.64. The van der Waals surface area contributed by atoms with E-state index in [4.69, 9.17) is 0 Å². The van der Waals surface area contributed by atoms with Gasteiger partial charge in [0.2, 0.25) is 0 Å². The molecule has 0 bridgehead atoms. The highest BCUT2D eigenvalue weighted by molar-refractivity contribution is 5.79. The van der Waals surface area contributed by atoms with E-state index in [2.05, 4.69) is 57.4 Å². The number of hydrogen-bond acceptors (Lipinski definition) is 3. The third-order valence-electron chi connectivity index (χ3n) is 3.83.